The lowest BCUT2D eigenvalue weighted by Gasteiger charge is -2.16. The Bertz CT molecular complexity index is 2540. The Morgan fingerprint density at radius 1 is 0.571 bits per heavy atom. The number of aromatic nitrogens is 2. The largest absolute Gasteiger partial charge is 0.294 e. The van der Waals surface area contributed by atoms with Crippen LogP contribution in [0.3, 0.4) is 0 Å². The molecule has 196 valence electrons. The first-order valence-electron chi connectivity index (χ1n) is 14.9. The van der Waals surface area contributed by atoms with Gasteiger partial charge in [0.25, 0.3) is 0 Å². The molecule has 0 amide bonds. The van der Waals surface area contributed by atoms with E-state index < -0.39 is 0 Å². The molecular formula is C40H26N2. The zero-order chi connectivity index (χ0) is 27.4. The maximum atomic E-state index is 2.58. The van der Waals surface area contributed by atoms with Gasteiger partial charge in [0.1, 0.15) is 5.65 Å². The van der Waals surface area contributed by atoms with E-state index in [1.54, 1.807) is 0 Å². The lowest BCUT2D eigenvalue weighted by Crippen LogP contribution is -2.02. The molecule has 0 aliphatic heterocycles. The maximum absolute atomic E-state index is 2.58. The summed E-state index contributed by atoms with van der Waals surface area (Å²) < 4.78 is 5.12. The van der Waals surface area contributed by atoms with Crippen molar-refractivity contribution in [2.24, 2.45) is 0 Å². The van der Waals surface area contributed by atoms with Gasteiger partial charge in [-0.1, -0.05) is 109 Å². The third kappa shape index (κ3) is 2.74. The summed E-state index contributed by atoms with van der Waals surface area (Å²) in [6, 6.07) is 44.8. The molecule has 1 aliphatic rings. The van der Waals surface area contributed by atoms with E-state index in [0.29, 0.717) is 0 Å². The third-order valence-electron chi connectivity index (χ3n) is 9.46. The van der Waals surface area contributed by atoms with Crippen LogP contribution >= 0.6 is 0 Å². The lowest BCUT2D eigenvalue weighted by molar-refractivity contribution is 0.985. The van der Waals surface area contributed by atoms with Crippen molar-refractivity contribution in [2.75, 3.05) is 0 Å². The van der Waals surface area contributed by atoms with E-state index in [1.165, 1.54) is 87.8 Å². The van der Waals surface area contributed by atoms with Gasteiger partial charge in [0.05, 0.1) is 16.6 Å². The fourth-order valence-corrected chi connectivity index (χ4v) is 7.79. The fourth-order valence-electron chi connectivity index (χ4n) is 7.79. The Kier molecular flexibility index (Phi) is 4.32. The minimum absolute atomic E-state index is 1.08. The van der Waals surface area contributed by atoms with Gasteiger partial charge in [0.2, 0.25) is 0 Å². The molecule has 0 fully saturated rings. The third-order valence-corrected chi connectivity index (χ3v) is 9.46. The smallest absolute Gasteiger partial charge is 0.131 e. The van der Waals surface area contributed by atoms with E-state index >= 15 is 0 Å². The Hall–Kier alpha value is -5.34. The summed E-state index contributed by atoms with van der Waals surface area (Å²) >= 11 is 0. The van der Waals surface area contributed by atoms with Gasteiger partial charge < -0.3 is 0 Å². The van der Waals surface area contributed by atoms with Gasteiger partial charge in [-0.05, 0) is 64.6 Å². The Labute approximate surface area is 242 Å². The summed E-state index contributed by atoms with van der Waals surface area (Å²) in [5.74, 6) is 0. The highest BCUT2D eigenvalue weighted by Gasteiger charge is 2.27. The molecule has 2 heteroatoms. The van der Waals surface area contributed by atoms with Gasteiger partial charge in [0.15, 0.2) is 0 Å². The number of para-hydroxylation sites is 2. The topological polar surface area (TPSA) is 9.34 Å². The summed E-state index contributed by atoms with van der Waals surface area (Å²) in [6.07, 6.45) is 6.88. The van der Waals surface area contributed by atoms with Crippen molar-refractivity contribution in [2.45, 2.75) is 12.8 Å². The zero-order valence-corrected chi connectivity index (χ0v) is 23.0. The summed E-state index contributed by atoms with van der Waals surface area (Å²) in [5.41, 5.74) is 11.6. The Balaban J connectivity index is 1.58. The van der Waals surface area contributed by atoms with E-state index in [2.05, 4.69) is 142 Å². The van der Waals surface area contributed by atoms with Gasteiger partial charge in [-0.2, -0.15) is 0 Å². The summed E-state index contributed by atoms with van der Waals surface area (Å²) in [6.45, 7) is 0. The maximum Gasteiger partial charge on any atom is 0.131 e. The van der Waals surface area contributed by atoms with E-state index in [9.17, 15) is 0 Å². The van der Waals surface area contributed by atoms with Crippen LogP contribution in [0.4, 0.5) is 0 Å². The second-order valence-electron chi connectivity index (χ2n) is 11.6. The molecule has 0 N–H and O–H groups in total. The minimum atomic E-state index is 1.08. The second-order valence-corrected chi connectivity index (χ2v) is 11.6. The molecule has 2 nitrogen and oxygen atoms in total. The van der Waals surface area contributed by atoms with Gasteiger partial charge in [-0.25, -0.2) is 0 Å². The van der Waals surface area contributed by atoms with Crippen molar-refractivity contribution < 1.29 is 0 Å². The van der Waals surface area contributed by atoms with Gasteiger partial charge in [-0.15, -0.1) is 0 Å². The first-order chi connectivity index (χ1) is 20.9. The molecule has 9 aromatic rings. The first kappa shape index (κ1) is 22.4. The van der Waals surface area contributed by atoms with Crippen LogP contribution in [0.15, 0.2) is 127 Å². The molecule has 3 heterocycles. The van der Waals surface area contributed by atoms with Gasteiger partial charge >= 0.3 is 0 Å². The Morgan fingerprint density at radius 3 is 2.24 bits per heavy atom. The molecule has 0 unspecified atom stereocenters. The van der Waals surface area contributed by atoms with Gasteiger partial charge in [-0.3, -0.25) is 8.97 Å². The predicted octanol–water partition coefficient (Wildman–Crippen LogP) is 10.6. The van der Waals surface area contributed by atoms with Crippen molar-refractivity contribution in [1.82, 2.24) is 8.97 Å². The molecule has 42 heavy (non-hydrogen) atoms. The molecule has 10 rings (SSSR count). The first-order valence-corrected chi connectivity index (χ1v) is 14.9. The van der Waals surface area contributed by atoms with E-state index in [4.69, 9.17) is 0 Å². The Morgan fingerprint density at radius 2 is 1.36 bits per heavy atom. The number of pyridine rings is 1. The fraction of sp³-hybridized carbons (Fsp3) is 0.0500. The van der Waals surface area contributed by atoms with Crippen LogP contribution in [0.2, 0.25) is 0 Å². The number of benzene rings is 6. The average Bonchev–Trinajstić information content (AvgIpc) is 3.59. The van der Waals surface area contributed by atoms with Crippen LogP contribution in [0.5, 0.6) is 0 Å². The number of hydrogen-bond acceptors (Lipinski definition) is 0. The highest BCUT2D eigenvalue weighted by atomic mass is 15.1. The molecule has 3 aromatic heterocycles. The molecule has 6 aromatic carbocycles. The molecular weight excluding hydrogens is 508 g/mol. The number of aryl methyl sites for hydroxylation is 1. The van der Waals surface area contributed by atoms with Crippen molar-refractivity contribution in [3.05, 3.63) is 139 Å². The molecule has 0 atom stereocenters. The van der Waals surface area contributed by atoms with E-state index in [1.807, 2.05) is 0 Å². The number of hydrogen-bond donors (Lipinski definition) is 0. The quantitative estimate of drug-likeness (QED) is 0.209. The van der Waals surface area contributed by atoms with Crippen molar-refractivity contribution in [1.29, 1.82) is 0 Å². The molecule has 0 radical (unpaired) electrons. The normalized spacial score (nSPS) is 13.4. The highest BCUT2D eigenvalue weighted by Crippen LogP contribution is 2.48. The molecule has 1 aliphatic carbocycles. The minimum Gasteiger partial charge on any atom is -0.294 e. The number of fused-ring (bicyclic) bond motifs is 10. The summed E-state index contributed by atoms with van der Waals surface area (Å²) in [5, 5.41) is 9.21. The number of allylic oxidation sites excluding steroid dienone is 1. The highest BCUT2D eigenvalue weighted by molar-refractivity contribution is 6.35. The molecule has 0 bridgehead atoms. The van der Waals surface area contributed by atoms with Crippen LogP contribution in [-0.2, 0) is 6.42 Å². The number of rotatable bonds is 2. The van der Waals surface area contributed by atoms with Crippen molar-refractivity contribution in [3.8, 4) is 16.8 Å². The lowest BCUT2D eigenvalue weighted by atomic mass is 9.92. The SMILES string of the molecule is C1=Cc2c(ccc3c4c5cccc6cc(-c7ccccc7)c7c8ccccc8n(c7c65)c4n(-c4ccccc4)c23)CC1. The van der Waals surface area contributed by atoms with Crippen molar-refractivity contribution >= 4 is 66.0 Å². The standard InChI is InChI=1S/C40H26N2/c1-3-12-25(13-4-1)33-24-27-15-11-20-31-35(27)39-36(33)30-19-9-10-21-34(30)42(39)40-37(31)32-23-22-26-14-7-8-18-29(26)38(32)41(40)28-16-5-2-6-17-28/h1-6,8-13,15-24H,7,14H2. The average molecular weight is 535 g/mol. The zero-order valence-electron chi connectivity index (χ0n) is 23.0. The molecule has 0 saturated carbocycles. The van der Waals surface area contributed by atoms with Crippen LogP contribution in [0, 0.1) is 0 Å². The van der Waals surface area contributed by atoms with Crippen LogP contribution in [-0.4, -0.2) is 8.97 Å². The molecule has 0 spiro atoms. The van der Waals surface area contributed by atoms with Crippen LogP contribution in [0.25, 0.3) is 82.8 Å². The summed E-state index contributed by atoms with van der Waals surface area (Å²) in [4.78, 5) is 0. The van der Waals surface area contributed by atoms with E-state index in [-0.39, 0.29) is 0 Å². The van der Waals surface area contributed by atoms with Gasteiger partial charge in [0, 0.05) is 38.2 Å². The molecule has 0 saturated heterocycles. The second kappa shape index (κ2) is 8.11. The monoisotopic (exact) mass is 534 g/mol. The van der Waals surface area contributed by atoms with Crippen LogP contribution in [0.1, 0.15) is 17.5 Å². The van der Waals surface area contributed by atoms with Crippen LogP contribution < -0.4 is 0 Å². The predicted molar refractivity (Wildman–Crippen MR) is 178 cm³/mol. The van der Waals surface area contributed by atoms with Crippen molar-refractivity contribution in [3.63, 3.8) is 0 Å². The van der Waals surface area contributed by atoms with E-state index in [0.717, 1.165) is 12.8 Å². The number of nitrogens with zero attached hydrogens (tertiary/aromatic N) is 2. The summed E-state index contributed by atoms with van der Waals surface area (Å²) in [7, 11) is 0.